The molecule has 0 radical (unpaired) electrons. The first-order chi connectivity index (χ1) is 11.7. The van der Waals surface area contributed by atoms with Gasteiger partial charge in [-0.1, -0.05) is 58.0 Å². The van der Waals surface area contributed by atoms with Gasteiger partial charge in [-0.05, 0) is 29.8 Å². The SMILES string of the molecule is C=CCn1c(SCc2ccc(F)cc2)nnc1-c1ccc(Br)cc1. The number of rotatable bonds is 6. The van der Waals surface area contributed by atoms with Crippen LogP contribution in [0.5, 0.6) is 0 Å². The van der Waals surface area contributed by atoms with Crippen LogP contribution in [0.25, 0.3) is 11.4 Å². The summed E-state index contributed by atoms with van der Waals surface area (Å²) in [6.45, 7) is 4.45. The Bertz CT molecular complexity index is 828. The van der Waals surface area contributed by atoms with E-state index in [1.54, 1.807) is 23.9 Å². The van der Waals surface area contributed by atoms with Crippen LogP contribution in [0.15, 0.2) is 70.8 Å². The van der Waals surface area contributed by atoms with E-state index >= 15 is 0 Å². The average molecular weight is 404 g/mol. The quantitative estimate of drug-likeness (QED) is 0.411. The van der Waals surface area contributed by atoms with E-state index in [1.807, 2.05) is 34.9 Å². The lowest BCUT2D eigenvalue weighted by Gasteiger charge is -2.08. The predicted molar refractivity (Wildman–Crippen MR) is 99.3 cm³/mol. The molecule has 0 amide bonds. The Morgan fingerprint density at radius 1 is 1.08 bits per heavy atom. The monoisotopic (exact) mass is 403 g/mol. The highest BCUT2D eigenvalue weighted by molar-refractivity contribution is 9.10. The van der Waals surface area contributed by atoms with Gasteiger partial charge in [-0.2, -0.15) is 0 Å². The van der Waals surface area contributed by atoms with Crippen LogP contribution < -0.4 is 0 Å². The molecule has 0 fully saturated rings. The summed E-state index contributed by atoms with van der Waals surface area (Å²) in [6, 6.07) is 14.5. The van der Waals surface area contributed by atoms with E-state index in [4.69, 9.17) is 0 Å². The molecule has 0 saturated heterocycles. The summed E-state index contributed by atoms with van der Waals surface area (Å²) in [5, 5.41) is 9.46. The summed E-state index contributed by atoms with van der Waals surface area (Å²) >= 11 is 5.01. The van der Waals surface area contributed by atoms with Crippen LogP contribution in [0.3, 0.4) is 0 Å². The van der Waals surface area contributed by atoms with Crippen molar-refractivity contribution in [1.29, 1.82) is 0 Å². The van der Waals surface area contributed by atoms with Crippen molar-refractivity contribution in [2.24, 2.45) is 0 Å². The third-order valence-electron chi connectivity index (χ3n) is 3.41. The van der Waals surface area contributed by atoms with Crippen molar-refractivity contribution < 1.29 is 4.39 Å². The van der Waals surface area contributed by atoms with Crippen molar-refractivity contribution in [2.75, 3.05) is 0 Å². The zero-order valence-corrected chi connectivity index (χ0v) is 15.2. The number of allylic oxidation sites excluding steroid dienone is 1. The van der Waals surface area contributed by atoms with Gasteiger partial charge in [0.15, 0.2) is 11.0 Å². The van der Waals surface area contributed by atoms with Crippen LogP contribution in [0, 0.1) is 5.82 Å². The van der Waals surface area contributed by atoms with E-state index in [1.165, 1.54) is 12.1 Å². The largest absolute Gasteiger partial charge is 0.298 e. The Morgan fingerprint density at radius 3 is 2.46 bits per heavy atom. The van der Waals surface area contributed by atoms with Gasteiger partial charge in [-0.3, -0.25) is 4.57 Å². The highest BCUT2D eigenvalue weighted by Gasteiger charge is 2.13. The van der Waals surface area contributed by atoms with Crippen LogP contribution in [0.1, 0.15) is 5.56 Å². The van der Waals surface area contributed by atoms with E-state index in [-0.39, 0.29) is 5.82 Å². The summed E-state index contributed by atoms with van der Waals surface area (Å²) in [5.41, 5.74) is 2.04. The fraction of sp³-hybridized carbons (Fsp3) is 0.111. The van der Waals surface area contributed by atoms with E-state index in [9.17, 15) is 4.39 Å². The number of benzene rings is 2. The summed E-state index contributed by atoms with van der Waals surface area (Å²) in [6.07, 6.45) is 1.83. The number of hydrogen-bond donors (Lipinski definition) is 0. The maximum Gasteiger partial charge on any atom is 0.192 e. The molecular formula is C18H15BrFN3S. The standard InChI is InChI=1S/C18H15BrFN3S/c1-2-11-23-17(14-5-7-15(19)8-6-14)21-22-18(23)24-12-13-3-9-16(20)10-4-13/h2-10H,1,11-12H2. The fourth-order valence-corrected chi connectivity index (χ4v) is 3.40. The van der Waals surface area contributed by atoms with Crippen molar-refractivity contribution in [1.82, 2.24) is 14.8 Å². The van der Waals surface area contributed by atoms with E-state index < -0.39 is 0 Å². The van der Waals surface area contributed by atoms with Gasteiger partial charge in [0.05, 0.1) is 0 Å². The van der Waals surface area contributed by atoms with Crippen LogP contribution in [0.2, 0.25) is 0 Å². The molecule has 0 aliphatic heterocycles. The molecule has 3 aromatic rings. The first kappa shape index (κ1) is 16.9. The topological polar surface area (TPSA) is 30.7 Å². The second-order valence-corrected chi connectivity index (χ2v) is 6.99. The zero-order chi connectivity index (χ0) is 16.9. The lowest BCUT2D eigenvalue weighted by Crippen LogP contribution is -2.00. The third kappa shape index (κ3) is 3.94. The van der Waals surface area contributed by atoms with Crippen LogP contribution in [0.4, 0.5) is 4.39 Å². The van der Waals surface area contributed by atoms with Crippen molar-refractivity contribution in [3.05, 3.63) is 77.0 Å². The van der Waals surface area contributed by atoms with Crippen molar-refractivity contribution in [2.45, 2.75) is 17.5 Å². The third-order valence-corrected chi connectivity index (χ3v) is 4.98. The Hall–Kier alpha value is -1.92. The molecule has 1 heterocycles. The highest BCUT2D eigenvalue weighted by Crippen LogP contribution is 2.27. The molecule has 0 bridgehead atoms. The van der Waals surface area contributed by atoms with Crippen LogP contribution >= 0.6 is 27.7 Å². The Kier molecular flexibility index (Phi) is 5.48. The lowest BCUT2D eigenvalue weighted by molar-refractivity contribution is 0.627. The molecule has 2 aromatic carbocycles. The first-order valence-corrected chi connectivity index (χ1v) is 9.12. The minimum absolute atomic E-state index is 0.226. The summed E-state index contributed by atoms with van der Waals surface area (Å²) < 4.78 is 16.0. The molecular weight excluding hydrogens is 389 g/mol. The minimum Gasteiger partial charge on any atom is -0.298 e. The van der Waals surface area contributed by atoms with Gasteiger partial charge in [0, 0.05) is 22.3 Å². The molecule has 0 atom stereocenters. The normalized spacial score (nSPS) is 10.8. The average Bonchev–Trinajstić information content (AvgIpc) is 2.98. The van der Waals surface area contributed by atoms with Gasteiger partial charge in [0.25, 0.3) is 0 Å². The lowest BCUT2D eigenvalue weighted by atomic mass is 10.2. The van der Waals surface area contributed by atoms with Gasteiger partial charge in [0.1, 0.15) is 5.82 Å². The molecule has 0 unspecified atom stereocenters. The smallest absolute Gasteiger partial charge is 0.192 e. The summed E-state index contributed by atoms with van der Waals surface area (Å²) in [5.74, 6) is 1.29. The summed E-state index contributed by atoms with van der Waals surface area (Å²) in [7, 11) is 0. The van der Waals surface area contributed by atoms with Gasteiger partial charge < -0.3 is 0 Å². The van der Waals surface area contributed by atoms with Crippen molar-refractivity contribution in [3.8, 4) is 11.4 Å². The predicted octanol–water partition coefficient (Wildman–Crippen LogP) is 5.33. The number of halogens is 2. The number of hydrogen-bond acceptors (Lipinski definition) is 3. The molecule has 6 heteroatoms. The molecule has 3 rings (SSSR count). The minimum atomic E-state index is -0.226. The molecule has 0 spiro atoms. The maximum atomic E-state index is 13.0. The second kappa shape index (κ2) is 7.77. The van der Waals surface area contributed by atoms with Gasteiger partial charge in [-0.25, -0.2) is 4.39 Å². The zero-order valence-electron chi connectivity index (χ0n) is 12.8. The molecule has 122 valence electrons. The molecule has 0 N–H and O–H groups in total. The molecule has 1 aromatic heterocycles. The van der Waals surface area contributed by atoms with E-state index in [2.05, 4.69) is 32.7 Å². The Balaban J connectivity index is 1.84. The molecule has 3 nitrogen and oxygen atoms in total. The first-order valence-electron chi connectivity index (χ1n) is 7.34. The molecule has 0 saturated carbocycles. The van der Waals surface area contributed by atoms with Crippen molar-refractivity contribution in [3.63, 3.8) is 0 Å². The van der Waals surface area contributed by atoms with Gasteiger partial charge in [0.2, 0.25) is 0 Å². The number of thioether (sulfide) groups is 1. The highest BCUT2D eigenvalue weighted by atomic mass is 79.9. The molecule has 24 heavy (non-hydrogen) atoms. The Labute approximate surface area is 152 Å². The maximum absolute atomic E-state index is 13.0. The van der Waals surface area contributed by atoms with Crippen LogP contribution in [-0.4, -0.2) is 14.8 Å². The van der Waals surface area contributed by atoms with Gasteiger partial charge in [-0.15, -0.1) is 16.8 Å². The van der Waals surface area contributed by atoms with Gasteiger partial charge >= 0.3 is 0 Å². The second-order valence-electron chi connectivity index (χ2n) is 5.13. The Morgan fingerprint density at radius 2 is 1.79 bits per heavy atom. The fourth-order valence-electron chi connectivity index (χ4n) is 2.23. The molecule has 0 aliphatic rings. The number of nitrogens with zero attached hydrogens (tertiary/aromatic N) is 3. The van der Waals surface area contributed by atoms with Crippen LogP contribution in [-0.2, 0) is 12.3 Å². The summed E-state index contributed by atoms with van der Waals surface area (Å²) in [4.78, 5) is 0. The number of aromatic nitrogens is 3. The van der Waals surface area contributed by atoms with Crippen molar-refractivity contribution >= 4 is 27.7 Å². The molecule has 0 aliphatic carbocycles. The van der Waals surface area contributed by atoms with E-state index in [0.717, 1.165) is 26.6 Å². The van der Waals surface area contributed by atoms with E-state index in [0.29, 0.717) is 12.3 Å².